The minimum absolute atomic E-state index is 0.151. The van der Waals surface area contributed by atoms with Crippen molar-refractivity contribution < 1.29 is 13.5 Å². The van der Waals surface area contributed by atoms with Crippen molar-refractivity contribution in [1.29, 1.82) is 0 Å². The van der Waals surface area contributed by atoms with Crippen molar-refractivity contribution in [2.45, 2.75) is 37.2 Å². The SMILES string of the molecule is Cc1cc(Cl)c(N)cc1S(=O)(=O)NCC1CCC(O)C1. The van der Waals surface area contributed by atoms with Gasteiger partial charge in [-0.3, -0.25) is 0 Å². The van der Waals surface area contributed by atoms with E-state index >= 15 is 0 Å². The summed E-state index contributed by atoms with van der Waals surface area (Å²) in [7, 11) is -3.61. The van der Waals surface area contributed by atoms with Gasteiger partial charge in [-0.25, -0.2) is 13.1 Å². The van der Waals surface area contributed by atoms with Crippen LogP contribution >= 0.6 is 11.6 Å². The number of sulfonamides is 1. The van der Waals surface area contributed by atoms with Crippen molar-refractivity contribution in [2.75, 3.05) is 12.3 Å². The molecule has 2 unspecified atom stereocenters. The van der Waals surface area contributed by atoms with E-state index in [9.17, 15) is 13.5 Å². The minimum atomic E-state index is -3.61. The number of nitrogens with two attached hydrogens (primary N) is 1. The van der Waals surface area contributed by atoms with E-state index < -0.39 is 10.0 Å². The predicted octanol–water partition coefficient (Wildman–Crippen LogP) is 1.67. The third kappa shape index (κ3) is 3.44. The van der Waals surface area contributed by atoms with Crippen molar-refractivity contribution in [3.05, 3.63) is 22.7 Å². The predicted molar refractivity (Wildman–Crippen MR) is 79.1 cm³/mol. The highest BCUT2D eigenvalue weighted by Crippen LogP contribution is 2.27. The van der Waals surface area contributed by atoms with E-state index in [1.54, 1.807) is 13.0 Å². The molecule has 0 heterocycles. The Morgan fingerprint density at radius 1 is 1.45 bits per heavy atom. The lowest BCUT2D eigenvalue weighted by Crippen LogP contribution is -2.29. The molecular weight excluding hydrogens is 300 g/mol. The van der Waals surface area contributed by atoms with Gasteiger partial charge in [-0.05, 0) is 49.8 Å². The van der Waals surface area contributed by atoms with Crippen LogP contribution < -0.4 is 10.5 Å². The third-order valence-corrected chi connectivity index (χ3v) is 5.55. The fourth-order valence-electron chi connectivity index (χ4n) is 2.50. The van der Waals surface area contributed by atoms with Crippen LogP contribution in [0, 0.1) is 12.8 Å². The lowest BCUT2D eigenvalue weighted by molar-refractivity contribution is 0.178. The summed E-state index contributed by atoms with van der Waals surface area (Å²) in [6.07, 6.45) is 1.91. The number of aliphatic hydroxyl groups excluding tert-OH is 1. The largest absolute Gasteiger partial charge is 0.397 e. The fraction of sp³-hybridized carbons (Fsp3) is 0.538. The molecule has 0 aliphatic heterocycles. The smallest absolute Gasteiger partial charge is 0.240 e. The summed E-state index contributed by atoms with van der Waals surface area (Å²) >= 11 is 5.86. The van der Waals surface area contributed by atoms with Gasteiger partial charge in [0.05, 0.1) is 21.7 Å². The van der Waals surface area contributed by atoms with Gasteiger partial charge < -0.3 is 10.8 Å². The average molecular weight is 319 g/mol. The van der Waals surface area contributed by atoms with Crippen molar-refractivity contribution in [3.63, 3.8) is 0 Å². The minimum Gasteiger partial charge on any atom is -0.397 e. The lowest BCUT2D eigenvalue weighted by atomic mass is 10.1. The molecule has 0 saturated heterocycles. The maximum atomic E-state index is 12.3. The normalized spacial score (nSPS) is 23.1. The van der Waals surface area contributed by atoms with Gasteiger partial charge in [-0.15, -0.1) is 0 Å². The van der Waals surface area contributed by atoms with E-state index in [1.165, 1.54) is 6.07 Å². The number of nitrogens with one attached hydrogen (secondary N) is 1. The summed E-state index contributed by atoms with van der Waals surface area (Å²) < 4.78 is 27.2. The molecule has 7 heteroatoms. The molecule has 0 radical (unpaired) electrons. The number of hydrogen-bond acceptors (Lipinski definition) is 4. The first-order chi connectivity index (χ1) is 9.29. The zero-order chi connectivity index (χ0) is 14.9. The Balaban J connectivity index is 2.12. The maximum Gasteiger partial charge on any atom is 0.240 e. The molecule has 2 rings (SSSR count). The Kier molecular flexibility index (Phi) is 4.59. The monoisotopic (exact) mass is 318 g/mol. The zero-order valence-corrected chi connectivity index (χ0v) is 12.8. The second kappa shape index (κ2) is 5.89. The summed E-state index contributed by atoms with van der Waals surface area (Å²) in [4.78, 5) is 0.151. The molecule has 1 aliphatic carbocycles. The molecule has 0 aromatic heterocycles. The molecule has 0 spiro atoms. The van der Waals surface area contributed by atoms with Gasteiger partial charge in [0.2, 0.25) is 10.0 Å². The van der Waals surface area contributed by atoms with E-state index in [0.29, 0.717) is 23.6 Å². The molecular formula is C13H19ClN2O3S. The fourth-order valence-corrected chi connectivity index (χ4v) is 4.09. The second-order valence-electron chi connectivity index (χ2n) is 5.32. The summed E-state index contributed by atoms with van der Waals surface area (Å²) in [5.74, 6) is 0.185. The Bertz CT molecular complexity index is 604. The number of aryl methyl sites for hydroxylation is 1. The highest BCUT2D eigenvalue weighted by atomic mass is 35.5. The van der Waals surface area contributed by atoms with Gasteiger partial charge in [-0.1, -0.05) is 11.6 Å². The molecule has 1 fully saturated rings. The van der Waals surface area contributed by atoms with Crippen molar-refractivity contribution in [3.8, 4) is 0 Å². The lowest BCUT2D eigenvalue weighted by Gasteiger charge is -2.14. The van der Waals surface area contributed by atoms with Crippen LogP contribution in [0.25, 0.3) is 0 Å². The Morgan fingerprint density at radius 2 is 2.15 bits per heavy atom. The Labute approximate surface area is 124 Å². The summed E-state index contributed by atoms with van der Waals surface area (Å²) in [5, 5.41) is 9.80. The van der Waals surface area contributed by atoms with Crippen LogP contribution in [-0.2, 0) is 10.0 Å². The maximum absolute atomic E-state index is 12.3. The third-order valence-electron chi connectivity index (χ3n) is 3.66. The van der Waals surface area contributed by atoms with Crippen LogP contribution in [0.3, 0.4) is 0 Å². The number of aliphatic hydroxyl groups is 1. The molecule has 20 heavy (non-hydrogen) atoms. The van der Waals surface area contributed by atoms with E-state index in [0.717, 1.165) is 12.8 Å². The zero-order valence-electron chi connectivity index (χ0n) is 11.3. The number of rotatable bonds is 4. The van der Waals surface area contributed by atoms with E-state index in [2.05, 4.69) is 4.72 Å². The first-order valence-electron chi connectivity index (χ1n) is 6.53. The van der Waals surface area contributed by atoms with Crippen molar-refractivity contribution in [1.82, 2.24) is 4.72 Å². The highest BCUT2D eigenvalue weighted by Gasteiger charge is 2.25. The van der Waals surface area contributed by atoms with Gasteiger partial charge in [-0.2, -0.15) is 0 Å². The van der Waals surface area contributed by atoms with Gasteiger partial charge in [0.1, 0.15) is 0 Å². The highest BCUT2D eigenvalue weighted by molar-refractivity contribution is 7.89. The number of anilines is 1. The molecule has 1 aliphatic rings. The van der Waals surface area contributed by atoms with E-state index in [4.69, 9.17) is 17.3 Å². The van der Waals surface area contributed by atoms with Crippen LogP contribution in [0.5, 0.6) is 0 Å². The summed E-state index contributed by atoms with van der Waals surface area (Å²) in [6, 6.07) is 2.92. The van der Waals surface area contributed by atoms with Gasteiger partial charge in [0.25, 0.3) is 0 Å². The van der Waals surface area contributed by atoms with Crippen molar-refractivity contribution in [2.24, 2.45) is 5.92 Å². The number of halogens is 1. The first kappa shape index (κ1) is 15.6. The van der Waals surface area contributed by atoms with E-state index in [-0.39, 0.29) is 22.6 Å². The topological polar surface area (TPSA) is 92.4 Å². The second-order valence-corrected chi connectivity index (χ2v) is 7.47. The molecule has 0 amide bonds. The average Bonchev–Trinajstić information content (AvgIpc) is 2.77. The molecule has 1 saturated carbocycles. The first-order valence-corrected chi connectivity index (χ1v) is 8.39. The molecule has 1 aromatic rings. The van der Waals surface area contributed by atoms with Crippen LogP contribution in [0.15, 0.2) is 17.0 Å². The van der Waals surface area contributed by atoms with Crippen molar-refractivity contribution >= 4 is 27.3 Å². The molecule has 5 nitrogen and oxygen atoms in total. The molecule has 112 valence electrons. The molecule has 1 aromatic carbocycles. The van der Waals surface area contributed by atoms with E-state index in [1.807, 2.05) is 0 Å². The molecule has 2 atom stereocenters. The van der Waals surface area contributed by atoms with Crippen LogP contribution in [0.1, 0.15) is 24.8 Å². The molecule has 0 bridgehead atoms. The number of benzene rings is 1. The van der Waals surface area contributed by atoms with Gasteiger partial charge in [0.15, 0.2) is 0 Å². The standard InChI is InChI=1S/C13H19ClN2O3S/c1-8-4-11(14)12(15)6-13(8)20(18,19)16-7-9-2-3-10(17)5-9/h4,6,9-10,16-17H,2-3,5,7,15H2,1H3. The Hall–Kier alpha value is -0.820. The Morgan fingerprint density at radius 3 is 2.75 bits per heavy atom. The van der Waals surface area contributed by atoms with Crippen LogP contribution in [0.2, 0.25) is 5.02 Å². The number of hydrogen-bond donors (Lipinski definition) is 3. The molecule has 4 N–H and O–H groups in total. The summed E-state index contributed by atoms with van der Waals surface area (Å²) in [6.45, 7) is 2.01. The van der Waals surface area contributed by atoms with Gasteiger partial charge in [0, 0.05) is 6.54 Å². The van der Waals surface area contributed by atoms with Crippen LogP contribution in [-0.4, -0.2) is 26.2 Å². The van der Waals surface area contributed by atoms with Gasteiger partial charge >= 0.3 is 0 Å². The van der Waals surface area contributed by atoms with Crippen LogP contribution in [0.4, 0.5) is 5.69 Å². The number of nitrogen functional groups attached to an aromatic ring is 1. The summed E-state index contributed by atoms with van der Waals surface area (Å²) in [5.41, 5.74) is 6.47. The quantitative estimate of drug-likeness (QED) is 0.736.